The van der Waals surface area contributed by atoms with Crippen LogP contribution in [0.4, 0.5) is 5.82 Å². The molecular weight excluding hydrogens is 364 g/mol. The van der Waals surface area contributed by atoms with Gasteiger partial charge in [-0.2, -0.15) is 0 Å². The summed E-state index contributed by atoms with van der Waals surface area (Å²) in [6.45, 7) is 1.02. The van der Waals surface area contributed by atoms with Crippen LogP contribution in [0.1, 0.15) is 23.5 Å². The van der Waals surface area contributed by atoms with Gasteiger partial charge in [-0.1, -0.05) is 18.2 Å². The molecule has 0 saturated carbocycles. The Morgan fingerprint density at radius 3 is 2.71 bits per heavy atom. The molecule has 2 unspecified atom stereocenters. The number of nitrogens with one attached hydrogen (secondary N) is 1. The van der Waals surface area contributed by atoms with Crippen LogP contribution in [0.15, 0.2) is 36.8 Å². The first-order valence-electron chi connectivity index (χ1n) is 8.86. The van der Waals surface area contributed by atoms with Gasteiger partial charge in [0.1, 0.15) is 35.6 Å². The van der Waals surface area contributed by atoms with Crippen LogP contribution in [0.5, 0.6) is 0 Å². The topological polar surface area (TPSA) is 130 Å². The van der Waals surface area contributed by atoms with Gasteiger partial charge in [0.05, 0.1) is 12.0 Å². The Balaban J connectivity index is 1.78. The van der Waals surface area contributed by atoms with E-state index in [1.807, 2.05) is 12.1 Å². The molecule has 5 rings (SSSR count). The average molecular weight is 382 g/mol. The number of aliphatic hydroxyl groups is 3. The summed E-state index contributed by atoms with van der Waals surface area (Å²) in [5, 5.41) is 34.1. The van der Waals surface area contributed by atoms with Crippen molar-refractivity contribution in [2.24, 2.45) is 0 Å². The fourth-order valence-electron chi connectivity index (χ4n) is 4.04. The number of benzene rings is 1. The van der Waals surface area contributed by atoms with Gasteiger partial charge < -0.3 is 29.9 Å². The van der Waals surface area contributed by atoms with E-state index in [1.54, 1.807) is 22.9 Å². The molecule has 1 amide bonds. The highest BCUT2D eigenvalue weighted by Crippen LogP contribution is 2.44. The summed E-state index contributed by atoms with van der Waals surface area (Å²) >= 11 is 0. The Labute approximate surface area is 159 Å². The zero-order valence-electron chi connectivity index (χ0n) is 14.9. The van der Waals surface area contributed by atoms with E-state index in [4.69, 9.17) is 4.74 Å². The lowest BCUT2D eigenvalue weighted by Crippen LogP contribution is -2.44. The number of carbonyl (C=O) groups excluding carboxylic acids is 1. The predicted molar refractivity (Wildman–Crippen MR) is 98.5 cm³/mol. The van der Waals surface area contributed by atoms with E-state index in [2.05, 4.69) is 15.3 Å². The highest BCUT2D eigenvalue weighted by Gasteiger charge is 2.53. The van der Waals surface area contributed by atoms with Crippen molar-refractivity contribution in [3.63, 3.8) is 0 Å². The number of ether oxygens (including phenoxy) is 1. The van der Waals surface area contributed by atoms with E-state index < -0.39 is 30.6 Å². The van der Waals surface area contributed by atoms with Crippen molar-refractivity contribution in [3.05, 3.63) is 42.4 Å². The number of nitrogens with zero attached hydrogens (tertiary/aromatic N) is 3. The third-order valence-electron chi connectivity index (χ3n) is 5.49. The maximum atomic E-state index is 12.6. The number of rotatable bonds is 2. The van der Waals surface area contributed by atoms with Crippen LogP contribution < -0.4 is 5.32 Å². The Bertz CT molecular complexity index is 1110. The van der Waals surface area contributed by atoms with Gasteiger partial charge in [-0.15, -0.1) is 0 Å². The summed E-state index contributed by atoms with van der Waals surface area (Å²) in [5.41, 5.74) is 0.685. The van der Waals surface area contributed by atoms with E-state index in [1.165, 1.54) is 13.3 Å². The summed E-state index contributed by atoms with van der Waals surface area (Å²) in [6.07, 6.45) is -0.140. The van der Waals surface area contributed by atoms with Gasteiger partial charge in [-0.05, 0) is 18.6 Å². The minimum atomic E-state index is -1.66. The minimum Gasteiger partial charge on any atom is -0.394 e. The number of fused-ring (bicyclic) bond motifs is 2. The van der Waals surface area contributed by atoms with Crippen molar-refractivity contribution >= 4 is 22.8 Å². The molecule has 9 heteroatoms. The lowest BCUT2D eigenvalue weighted by atomic mass is 9.96. The first-order valence-corrected chi connectivity index (χ1v) is 8.86. The quantitative estimate of drug-likeness (QED) is 0.512. The van der Waals surface area contributed by atoms with Gasteiger partial charge in [0.2, 0.25) is 0 Å². The molecule has 4 heterocycles. The average Bonchev–Trinajstić information content (AvgIpc) is 3.13. The SMILES string of the molecule is CC1(O)C(n2cc3c4c(ncnc42)NC(=O)c2ccccc2-3)O[C@H](CO)[C@H]1O. The van der Waals surface area contributed by atoms with Crippen molar-refractivity contribution in [3.8, 4) is 11.1 Å². The molecule has 4 N–H and O–H groups in total. The van der Waals surface area contributed by atoms with Crippen LogP contribution >= 0.6 is 0 Å². The first-order chi connectivity index (χ1) is 13.4. The molecule has 0 aliphatic carbocycles. The molecule has 1 aromatic carbocycles. The molecule has 9 nitrogen and oxygen atoms in total. The second kappa shape index (κ2) is 5.82. The van der Waals surface area contributed by atoms with Crippen LogP contribution in [0, 0.1) is 0 Å². The number of aromatic nitrogens is 3. The van der Waals surface area contributed by atoms with Gasteiger partial charge in [0.15, 0.2) is 6.23 Å². The van der Waals surface area contributed by atoms with E-state index in [0.29, 0.717) is 33.5 Å². The minimum absolute atomic E-state index is 0.266. The van der Waals surface area contributed by atoms with Crippen molar-refractivity contribution in [1.82, 2.24) is 14.5 Å². The Kier molecular flexibility index (Phi) is 3.59. The van der Waals surface area contributed by atoms with Crippen LogP contribution in [-0.2, 0) is 4.74 Å². The zero-order valence-corrected chi connectivity index (χ0v) is 14.9. The van der Waals surface area contributed by atoms with Crippen LogP contribution in [0.3, 0.4) is 0 Å². The molecular formula is C19H18N4O5. The van der Waals surface area contributed by atoms with Crippen molar-refractivity contribution in [2.75, 3.05) is 11.9 Å². The highest BCUT2D eigenvalue weighted by molar-refractivity contribution is 6.17. The maximum Gasteiger partial charge on any atom is 0.257 e. The number of aliphatic hydroxyl groups excluding tert-OH is 2. The number of carbonyl (C=O) groups is 1. The number of anilines is 1. The predicted octanol–water partition coefficient (Wildman–Crippen LogP) is 0.666. The fourth-order valence-corrected chi connectivity index (χ4v) is 4.04. The van der Waals surface area contributed by atoms with Gasteiger partial charge in [0, 0.05) is 17.3 Å². The smallest absolute Gasteiger partial charge is 0.257 e. The van der Waals surface area contributed by atoms with Crippen LogP contribution in [0.25, 0.3) is 22.2 Å². The summed E-state index contributed by atoms with van der Waals surface area (Å²) in [6, 6.07) is 7.16. The van der Waals surface area contributed by atoms with Gasteiger partial charge in [-0.25, -0.2) is 9.97 Å². The molecule has 1 fully saturated rings. The van der Waals surface area contributed by atoms with Crippen molar-refractivity contribution in [2.45, 2.75) is 31.0 Å². The summed E-state index contributed by atoms with van der Waals surface area (Å²) in [7, 11) is 0. The molecule has 0 bridgehead atoms. The fraction of sp³-hybridized carbons (Fsp3) is 0.316. The molecule has 0 spiro atoms. The molecule has 4 atom stereocenters. The molecule has 2 aliphatic rings. The Morgan fingerprint density at radius 1 is 1.25 bits per heavy atom. The summed E-state index contributed by atoms with van der Waals surface area (Å²) in [4.78, 5) is 21.1. The molecule has 2 aliphatic heterocycles. The third kappa shape index (κ3) is 2.18. The van der Waals surface area contributed by atoms with Gasteiger partial charge in [-0.3, -0.25) is 4.79 Å². The molecule has 3 aromatic rings. The standard InChI is InChI=1S/C19H18N4O5/c1-19(27)14(25)12(7-24)28-18(19)23-6-11-9-4-2-3-5-10(9)17(26)22-15-13(11)16(23)21-8-20-15/h2-6,8,12,14,18,24-25,27H,7H2,1H3,(H,20,21,22,26)/t12-,14-,18?,19?/m1/s1. The maximum absolute atomic E-state index is 12.6. The van der Waals surface area contributed by atoms with Crippen molar-refractivity contribution < 1.29 is 24.9 Å². The highest BCUT2D eigenvalue weighted by atomic mass is 16.6. The van der Waals surface area contributed by atoms with Crippen molar-refractivity contribution in [1.29, 1.82) is 0 Å². The molecule has 28 heavy (non-hydrogen) atoms. The second-order valence-electron chi connectivity index (χ2n) is 7.25. The largest absolute Gasteiger partial charge is 0.394 e. The number of amides is 1. The normalized spacial score (nSPS) is 28.9. The zero-order chi connectivity index (χ0) is 19.6. The third-order valence-corrected chi connectivity index (χ3v) is 5.49. The molecule has 144 valence electrons. The van der Waals surface area contributed by atoms with E-state index in [9.17, 15) is 20.1 Å². The van der Waals surface area contributed by atoms with Gasteiger partial charge >= 0.3 is 0 Å². The molecule has 0 radical (unpaired) electrons. The van der Waals surface area contributed by atoms with Crippen LogP contribution in [-0.4, -0.2) is 60.2 Å². The number of hydrogen-bond acceptors (Lipinski definition) is 7. The lowest BCUT2D eigenvalue weighted by molar-refractivity contribution is -0.0948. The summed E-state index contributed by atoms with van der Waals surface area (Å²) < 4.78 is 7.37. The number of hydrogen-bond donors (Lipinski definition) is 4. The molecule has 2 aromatic heterocycles. The van der Waals surface area contributed by atoms with Gasteiger partial charge in [0.25, 0.3) is 5.91 Å². The van der Waals surface area contributed by atoms with Crippen LogP contribution in [0.2, 0.25) is 0 Å². The lowest BCUT2D eigenvalue weighted by Gasteiger charge is -2.27. The first kappa shape index (κ1) is 17.3. The summed E-state index contributed by atoms with van der Waals surface area (Å²) in [5.74, 6) is 0.0927. The van der Waals surface area contributed by atoms with E-state index in [0.717, 1.165) is 0 Å². The monoisotopic (exact) mass is 382 g/mol. The van der Waals surface area contributed by atoms with E-state index >= 15 is 0 Å². The Hall–Kier alpha value is -2.85. The van der Waals surface area contributed by atoms with E-state index in [-0.39, 0.29) is 5.91 Å². The molecule has 1 saturated heterocycles. The second-order valence-corrected chi connectivity index (χ2v) is 7.25. The Morgan fingerprint density at radius 2 is 2.00 bits per heavy atom.